The van der Waals surface area contributed by atoms with Gasteiger partial charge in [-0.2, -0.15) is 0 Å². The molecule has 2 aromatic heterocycles. The molecule has 26 heavy (non-hydrogen) atoms. The predicted octanol–water partition coefficient (Wildman–Crippen LogP) is 4.03. The van der Waals surface area contributed by atoms with E-state index in [-0.39, 0.29) is 11.7 Å². The molecule has 4 rings (SSSR count). The predicted molar refractivity (Wildman–Crippen MR) is 105 cm³/mol. The largest absolute Gasteiger partial charge is 0.508 e. The Bertz CT molecular complexity index is 1170. The number of hydrogen-bond donors (Lipinski definition) is 2. The summed E-state index contributed by atoms with van der Waals surface area (Å²) in [5.74, 6) is 0.0779. The Labute approximate surface area is 151 Å². The van der Waals surface area contributed by atoms with Crippen LogP contribution in [0.4, 0.5) is 0 Å². The second kappa shape index (κ2) is 6.02. The van der Waals surface area contributed by atoms with Crippen molar-refractivity contribution in [1.82, 2.24) is 14.9 Å². The van der Waals surface area contributed by atoms with Gasteiger partial charge in [0.15, 0.2) is 0 Å². The van der Waals surface area contributed by atoms with Gasteiger partial charge in [-0.1, -0.05) is 6.92 Å². The van der Waals surface area contributed by atoms with Gasteiger partial charge >= 0.3 is 0 Å². The minimum Gasteiger partial charge on any atom is -0.508 e. The van der Waals surface area contributed by atoms with Crippen LogP contribution in [0, 0.1) is 6.92 Å². The Morgan fingerprint density at radius 2 is 1.96 bits per heavy atom. The average Bonchev–Trinajstić information content (AvgIpc) is 2.91. The van der Waals surface area contributed by atoms with Crippen LogP contribution < -0.4 is 5.32 Å². The molecule has 0 saturated carbocycles. The van der Waals surface area contributed by atoms with Gasteiger partial charge in [-0.3, -0.25) is 9.78 Å². The number of rotatable bonds is 3. The molecule has 0 saturated heterocycles. The smallest absolute Gasteiger partial charge is 0.270 e. The molecule has 0 radical (unpaired) electrons. The third kappa shape index (κ3) is 2.31. The standard InChI is InChI=1S/C21H21N3O2/c1-4-8-23-21(26)19-16-11-17-15-10-13(25)5-6-18(15)24(3)20(17)12(2)14(16)7-9-22-19/h5-7,9-11,25H,4,8H2,1-3H3,(H,23,26). The molecule has 2 N–H and O–H groups in total. The lowest BCUT2D eigenvalue weighted by atomic mass is 10.00. The van der Waals surface area contributed by atoms with Crippen molar-refractivity contribution in [3.05, 3.63) is 47.8 Å². The fourth-order valence-electron chi connectivity index (χ4n) is 3.78. The van der Waals surface area contributed by atoms with Gasteiger partial charge in [-0.25, -0.2) is 0 Å². The maximum atomic E-state index is 12.6. The minimum absolute atomic E-state index is 0.153. The number of aromatic nitrogens is 2. The molecule has 0 atom stereocenters. The van der Waals surface area contributed by atoms with Crippen molar-refractivity contribution in [2.75, 3.05) is 6.54 Å². The number of hydrogen-bond acceptors (Lipinski definition) is 3. The van der Waals surface area contributed by atoms with Crippen molar-refractivity contribution in [2.24, 2.45) is 7.05 Å². The number of aromatic hydroxyl groups is 1. The van der Waals surface area contributed by atoms with E-state index in [1.54, 1.807) is 18.3 Å². The van der Waals surface area contributed by atoms with Crippen molar-refractivity contribution in [3.63, 3.8) is 0 Å². The molecule has 0 bridgehead atoms. The number of carbonyl (C=O) groups excluding carboxylic acids is 1. The average molecular weight is 347 g/mol. The number of nitrogens with zero attached hydrogens (tertiary/aromatic N) is 2. The zero-order valence-corrected chi connectivity index (χ0v) is 15.1. The Hall–Kier alpha value is -3.08. The summed E-state index contributed by atoms with van der Waals surface area (Å²) in [7, 11) is 2.02. The van der Waals surface area contributed by atoms with Crippen LogP contribution in [0.1, 0.15) is 29.4 Å². The molecule has 0 spiro atoms. The molecule has 2 heterocycles. The third-order valence-electron chi connectivity index (χ3n) is 5.01. The number of fused-ring (bicyclic) bond motifs is 4. The summed E-state index contributed by atoms with van der Waals surface area (Å²) < 4.78 is 2.14. The number of pyridine rings is 1. The van der Waals surface area contributed by atoms with E-state index >= 15 is 0 Å². The molecule has 1 amide bonds. The summed E-state index contributed by atoms with van der Waals surface area (Å²) >= 11 is 0. The lowest BCUT2D eigenvalue weighted by molar-refractivity contribution is 0.0950. The van der Waals surface area contributed by atoms with E-state index in [4.69, 9.17) is 0 Å². The first-order valence-corrected chi connectivity index (χ1v) is 8.80. The highest BCUT2D eigenvalue weighted by molar-refractivity contribution is 6.17. The van der Waals surface area contributed by atoms with E-state index in [0.29, 0.717) is 12.2 Å². The highest BCUT2D eigenvalue weighted by Crippen LogP contribution is 2.36. The first-order valence-electron chi connectivity index (χ1n) is 8.80. The summed E-state index contributed by atoms with van der Waals surface area (Å²) in [6.07, 6.45) is 2.57. The second-order valence-corrected chi connectivity index (χ2v) is 6.67. The number of benzene rings is 2. The monoisotopic (exact) mass is 347 g/mol. The summed E-state index contributed by atoms with van der Waals surface area (Å²) in [6.45, 7) is 4.71. The lowest BCUT2D eigenvalue weighted by Crippen LogP contribution is -2.25. The molecule has 0 aliphatic heterocycles. The first-order chi connectivity index (χ1) is 12.5. The third-order valence-corrected chi connectivity index (χ3v) is 5.01. The second-order valence-electron chi connectivity index (χ2n) is 6.67. The topological polar surface area (TPSA) is 67.2 Å². The quantitative estimate of drug-likeness (QED) is 0.588. The molecule has 0 aliphatic carbocycles. The molecule has 5 nitrogen and oxygen atoms in total. The number of phenolic OH excluding ortho intramolecular Hbond substituents is 1. The Morgan fingerprint density at radius 3 is 2.73 bits per heavy atom. The van der Waals surface area contributed by atoms with Crippen LogP contribution >= 0.6 is 0 Å². The van der Waals surface area contributed by atoms with E-state index in [0.717, 1.165) is 44.6 Å². The summed E-state index contributed by atoms with van der Waals surface area (Å²) in [6, 6.07) is 9.36. The molecule has 4 aromatic rings. The molecule has 0 unspecified atom stereocenters. The van der Waals surface area contributed by atoms with Crippen LogP contribution in [0.3, 0.4) is 0 Å². The van der Waals surface area contributed by atoms with Crippen LogP contribution in [0.25, 0.3) is 32.6 Å². The van der Waals surface area contributed by atoms with Crippen molar-refractivity contribution >= 4 is 38.5 Å². The fraction of sp³-hybridized carbons (Fsp3) is 0.238. The Morgan fingerprint density at radius 1 is 1.15 bits per heavy atom. The van der Waals surface area contributed by atoms with Gasteiger partial charge in [-0.15, -0.1) is 0 Å². The van der Waals surface area contributed by atoms with Crippen LogP contribution in [0.2, 0.25) is 0 Å². The van der Waals surface area contributed by atoms with Crippen LogP contribution in [0.5, 0.6) is 5.75 Å². The Balaban J connectivity index is 2.10. The fourth-order valence-corrected chi connectivity index (χ4v) is 3.78. The highest BCUT2D eigenvalue weighted by Gasteiger charge is 2.18. The van der Waals surface area contributed by atoms with Gasteiger partial charge in [0.2, 0.25) is 0 Å². The lowest BCUT2D eigenvalue weighted by Gasteiger charge is -2.10. The van der Waals surface area contributed by atoms with E-state index in [9.17, 15) is 9.90 Å². The molecular formula is C21H21N3O2. The van der Waals surface area contributed by atoms with Crippen LogP contribution in [0.15, 0.2) is 36.5 Å². The molecule has 2 aromatic carbocycles. The van der Waals surface area contributed by atoms with Gasteiger partial charge in [0, 0.05) is 41.5 Å². The molecular weight excluding hydrogens is 326 g/mol. The highest BCUT2D eigenvalue weighted by atomic mass is 16.3. The first kappa shape index (κ1) is 16.4. The molecule has 0 fully saturated rings. The van der Waals surface area contributed by atoms with Crippen molar-refractivity contribution in [2.45, 2.75) is 20.3 Å². The van der Waals surface area contributed by atoms with E-state index < -0.39 is 0 Å². The number of phenols is 1. The van der Waals surface area contributed by atoms with Gasteiger partial charge in [-0.05, 0) is 54.6 Å². The zero-order valence-electron chi connectivity index (χ0n) is 15.1. The minimum atomic E-state index is -0.153. The zero-order chi connectivity index (χ0) is 18.4. The van der Waals surface area contributed by atoms with Gasteiger partial charge in [0.05, 0.1) is 5.52 Å². The number of carbonyl (C=O) groups is 1. The molecule has 5 heteroatoms. The summed E-state index contributed by atoms with van der Waals surface area (Å²) in [5, 5.41) is 16.7. The number of aryl methyl sites for hydroxylation is 2. The van der Waals surface area contributed by atoms with Crippen molar-refractivity contribution < 1.29 is 9.90 Å². The van der Waals surface area contributed by atoms with Gasteiger partial charge in [0.1, 0.15) is 11.4 Å². The van der Waals surface area contributed by atoms with E-state index in [2.05, 4.69) is 21.8 Å². The SMILES string of the molecule is CCCNC(=O)c1nccc2c(C)c3c(cc12)c1cc(O)ccc1n3C. The normalized spacial score (nSPS) is 11.5. The molecule has 132 valence electrons. The maximum Gasteiger partial charge on any atom is 0.270 e. The molecule has 0 aliphatic rings. The van der Waals surface area contributed by atoms with Gasteiger partial charge in [0.25, 0.3) is 5.91 Å². The Kier molecular flexibility index (Phi) is 3.80. The van der Waals surface area contributed by atoms with Crippen molar-refractivity contribution in [3.8, 4) is 5.75 Å². The van der Waals surface area contributed by atoms with E-state index in [1.807, 2.05) is 32.2 Å². The summed E-state index contributed by atoms with van der Waals surface area (Å²) in [4.78, 5) is 16.9. The summed E-state index contributed by atoms with van der Waals surface area (Å²) in [5.41, 5.74) is 3.69. The number of nitrogens with one attached hydrogen (secondary N) is 1. The number of amides is 1. The van der Waals surface area contributed by atoms with Gasteiger partial charge < -0.3 is 15.0 Å². The maximum absolute atomic E-state index is 12.6. The van der Waals surface area contributed by atoms with Crippen molar-refractivity contribution in [1.29, 1.82) is 0 Å². The van der Waals surface area contributed by atoms with Crippen LogP contribution in [-0.2, 0) is 7.05 Å². The van der Waals surface area contributed by atoms with E-state index in [1.165, 1.54) is 0 Å². The van der Waals surface area contributed by atoms with Crippen LogP contribution in [-0.4, -0.2) is 27.1 Å².